The van der Waals surface area contributed by atoms with Gasteiger partial charge in [-0.25, -0.2) is 0 Å². The van der Waals surface area contributed by atoms with Crippen molar-refractivity contribution >= 4 is 17.1 Å². The highest BCUT2D eigenvalue weighted by molar-refractivity contribution is 5.96. The average Bonchev–Trinajstić information content (AvgIpc) is 1.47. The molecule has 98 heavy (non-hydrogen) atoms. The quantitative estimate of drug-likeness (QED) is 0.159. The van der Waals surface area contributed by atoms with Crippen LogP contribution in [0, 0.1) is 0 Å². The van der Waals surface area contributed by atoms with E-state index in [9.17, 15) is 0 Å². The Hall–Kier alpha value is -9.96. The van der Waals surface area contributed by atoms with Crippen LogP contribution in [0.5, 0.6) is 23.0 Å². The Morgan fingerprint density at radius 3 is 0.969 bits per heavy atom. The minimum atomic E-state index is -0.750. The second kappa shape index (κ2) is 22.0. The normalized spacial score (nSPS) is 17.0. The number of rotatable bonds is 7. The molecule has 3 heteroatoms. The summed E-state index contributed by atoms with van der Waals surface area (Å²) in [6.45, 7) is 14.0. The van der Waals surface area contributed by atoms with Gasteiger partial charge in [-0.1, -0.05) is 268 Å². The Kier molecular flexibility index (Phi) is 13.3. The predicted molar refractivity (Wildman–Crippen MR) is 402 cm³/mol. The first-order valence-electron chi connectivity index (χ1n) is 36.4. The van der Waals surface area contributed by atoms with Crippen LogP contribution in [-0.4, -0.2) is 0 Å². The number of anilines is 3. The van der Waals surface area contributed by atoms with Crippen molar-refractivity contribution in [2.24, 2.45) is 0 Å². The summed E-state index contributed by atoms with van der Waals surface area (Å²) in [6, 6.07) is 102. The van der Waals surface area contributed by atoms with Crippen LogP contribution in [0.4, 0.5) is 17.1 Å². The van der Waals surface area contributed by atoms with Crippen LogP contribution in [0.25, 0.3) is 33.4 Å². The van der Waals surface area contributed by atoms with Gasteiger partial charge in [0.1, 0.15) is 23.0 Å². The van der Waals surface area contributed by atoms with Gasteiger partial charge in [-0.05, 0) is 221 Å². The number of fused-ring (bicyclic) bond motifs is 21. The first kappa shape index (κ1) is 59.3. The highest BCUT2D eigenvalue weighted by atomic mass is 16.5. The van der Waals surface area contributed by atoms with E-state index in [0.717, 1.165) is 40.1 Å². The van der Waals surface area contributed by atoms with E-state index in [0.29, 0.717) is 11.8 Å². The Labute approximate surface area is 578 Å². The lowest BCUT2D eigenvalue weighted by Crippen LogP contribution is -2.33. The Morgan fingerprint density at radius 2 is 0.592 bits per heavy atom. The lowest BCUT2D eigenvalue weighted by Gasteiger charge is -2.41. The molecule has 5 aliphatic carbocycles. The van der Waals surface area contributed by atoms with Gasteiger partial charge in [0.05, 0.1) is 16.2 Å². The zero-order chi connectivity index (χ0) is 65.9. The second-order valence-corrected chi connectivity index (χ2v) is 31.5. The largest absolute Gasteiger partial charge is 0.457 e. The van der Waals surface area contributed by atoms with Gasteiger partial charge in [0.2, 0.25) is 0 Å². The molecule has 2 spiro atoms. The molecular weight excluding hydrogens is 1190 g/mol. The molecule has 0 saturated heterocycles. The van der Waals surface area contributed by atoms with Crippen LogP contribution in [0.1, 0.15) is 207 Å². The number of hydrogen-bond acceptors (Lipinski definition) is 3. The van der Waals surface area contributed by atoms with E-state index in [-0.39, 0.29) is 10.8 Å². The van der Waals surface area contributed by atoms with E-state index in [1.807, 2.05) is 0 Å². The van der Waals surface area contributed by atoms with Gasteiger partial charge in [-0.15, -0.1) is 0 Å². The molecule has 2 aliphatic heterocycles. The van der Waals surface area contributed by atoms with Gasteiger partial charge in [-0.2, -0.15) is 0 Å². The van der Waals surface area contributed by atoms with E-state index in [4.69, 9.17) is 9.47 Å². The minimum absolute atomic E-state index is 0.129. The third-order valence-corrected chi connectivity index (χ3v) is 24.2. The molecule has 480 valence electrons. The molecule has 0 unspecified atom stereocenters. The van der Waals surface area contributed by atoms with Gasteiger partial charge >= 0.3 is 0 Å². The molecule has 0 atom stereocenters. The van der Waals surface area contributed by atoms with Crippen molar-refractivity contribution in [1.29, 1.82) is 0 Å². The van der Waals surface area contributed by atoms with E-state index in [2.05, 4.69) is 307 Å². The highest BCUT2D eigenvalue weighted by Crippen LogP contribution is 2.67. The average molecular weight is 1270 g/mol. The molecule has 0 bridgehead atoms. The van der Waals surface area contributed by atoms with E-state index >= 15 is 0 Å². The van der Waals surface area contributed by atoms with Crippen molar-refractivity contribution in [3.05, 3.63) is 350 Å². The van der Waals surface area contributed by atoms with Crippen molar-refractivity contribution in [1.82, 2.24) is 0 Å². The summed E-state index contributed by atoms with van der Waals surface area (Å²) >= 11 is 0. The lowest BCUT2D eigenvalue weighted by molar-refractivity contribution is 0.424. The second-order valence-electron chi connectivity index (χ2n) is 31.5. The van der Waals surface area contributed by atoms with Crippen LogP contribution in [-0.2, 0) is 27.1 Å². The summed E-state index contributed by atoms with van der Waals surface area (Å²) in [5, 5.41) is 0. The van der Waals surface area contributed by atoms with Crippen molar-refractivity contribution in [3.63, 3.8) is 0 Å². The first-order chi connectivity index (χ1) is 47.8. The van der Waals surface area contributed by atoms with Crippen LogP contribution in [0.15, 0.2) is 261 Å². The molecule has 0 radical (unpaired) electrons. The summed E-state index contributed by atoms with van der Waals surface area (Å²) in [7, 11) is 0. The smallest absolute Gasteiger partial charge is 0.132 e. The third-order valence-electron chi connectivity index (χ3n) is 24.2. The number of benzene rings is 12. The van der Waals surface area contributed by atoms with Gasteiger partial charge in [0.25, 0.3) is 0 Å². The molecule has 7 aliphatic rings. The Bertz CT molecular complexity index is 5050. The third kappa shape index (κ3) is 8.53. The van der Waals surface area contributed by atoms with Crippen LogP contribution in [0.3, 0.4) is 0 Å². The monoisotopic (exact) mass is 1270 g/mol. The molecule has 12 aromatic carbocycles. The van der Waals surface area contributed by atoms with E-state index in [1.165, 1.54) is 187 Å². The molecule has 19 rings (SSSR count). The molecule has 2 saturated carbocycles. The van der Waals surface area contributed by atoms with Crippen LogP contribution >= 0.6 is 0 Å². The predicted octanol–water partition coefficient (Wildman–Crippen LogP) is 25.1. The zero-order valence-corrected chi connectivity index (χ0v) is 57.3. The molecule has 3 nitrogen and oxygen atoms in total. The number of hydrogen-bond donors (Lipinski definition) is 0. The molecule has 2 fully saturated rings. The molecule has 0 N–H and O–H groups in total. The fourth-order valence-corrected chi connectivity index (χ4v) is 19.5. The van der Waals surface area contributed by atoms with Gasteiger partial charge < -0.3 is 14.4 Å². The molecular formula is C95H83NO2. The zero-order valence-electron chi connectivity index (χ0n) is 57.3. The van der Waals surface area contributed by atoms with Crippen LogP contribution in [0.2, 0.25) is 0 Å². The molecule has 0 aromatic heterocycles. The topological polar surface area (TPSA) is 21.7 Å². The SMILES string of the molecule is CC(C)(C)c1ccc2c(c1)C1(c3cc(C(C)(C)C)ccc3O2)c2ccccc2-c2ccc(N(c3ccc4c(c3)C(c3ccccc3)(c3ccccc3)c3ccccc3-4)c3ccc4c(c3)C3(c5cc(C6CCCCC6)ccc5Oc5ccc(C6CCCCC6)cc53)c3ccccc3-4)cc21. The first-order valence-corrected chi connectivity index (χ1v) is 36.4. The Balaban J connectivity index is 0.916. The summed E-state index contributed by atoms with van der Waals surface area (Å²) in [4.78, 5) is 2.63. The van der Waals surface area contributed by atoms with Crippen LogP contribution < -0.4 is 14.4 Å². The van der Waals surface area contributed by atoms with Gasteiger partial charge in [-0.3, -0.25) is 0 Å². The standard InChI is InChI=1S/C95H83NO2/c1-91(2,3)66-41-51-89-85(55-66)95(86-56-67(92(4,5)6)42-52-90(86)98-89)79-38-24-21-35-73(79)76-48-45-70(59-82(76)95)96(68-43-46-74-71-33-19-22-36-77(71)93(80(74)57-68,64-29-15-9-16-30-64)65-31-17-10-18-32-65)69-44-47-75-72-34-20-23-37-78(72)94(81(75)58-69)83-53-62(60-25-11-7-12-26-60)39-49-87(83)97-88-50-40-63(54-84(88)94)61-27-13-8-14-28-61/h9-10,15-24,29-61H,7-8,11-14,25-28H2,1-6H3. The highest BCUT2D eigenvalue weighted by Gasteiger charge is 2.55. The van der Waals surface area contributed by atoms with Crippen molar-refractivity contribution < 1.29 is 9.47 Å². The van der Waals surface area contributed by atoms with E-state index in [1.54, 1.807) is 0 Å². The Morgan fingerprint density at radius 1 is 0.276 bits per heavy atom. The summed E-state index contributed by atoms with van der Waals surface area (Å²) in [5.41, 5.74) is 29.0. The number of nitrogens with zero attached hydrogens (tertiary/aromatic N) is 1. The van der Waals surface area contributed by atoms with Crippen molar-refractivity contribution in [2.75, 3.05) is 4.90 Å². The summed E-state index contributed by atoms with van der Waals surface area (Å²) in [6.07, 6.45) is 12.6. The maximum atomic E-state index is 7.36. The van der Waals surface area contributed by atoms with Crippen molar-refractivity contribution in [3.8, 4) is 56.4 Å². The summed E-state index contributed by atoms with van der Waals surface area (Å²) < 4.78 is 14.6. The molecule has 12 aromatic rings. The van der Waals surface area contributed by atoms with Gasteiger partial charge in [0, 0.05) is 39.3 Å². The fraction of sp³-hybridized carbons (Fsp3) is 0.242. The van der Waals surface area contributed by atoms with Gasteiger partial charge in [0.15, 0.2) is 0 Å². The molecule has 2 heterocycles. The van der Waals surface area contributed by atoms with E-state index < -0.39 is 16.2 Å². The summed E-state index contributed by atoms with van der Waals surface area (Å²) in [5.74, 6) is 4.71. The number of ether oxygens (including phenoxy) is 2. The minimum Gasteiger partial charge on any atom is -0.457 e. The fourth-order valence-electron chi connectivity index (χ4n) is 19.5. The maximum Gasteiger partial charge on any atom is 0.132 e. The maximum absolute atomic E-state index is 7.36. The lowest BCUT2D eigenvalue weighted by atomic mass is 9.64. The van der Waals surface area contributed by atoms with Crippen molar-refractivity contribution in [2.45, 2.75) is 145 Å². The molecule has 0 amide bonds.